The molecule has 0 heterocycles. The largest absolute Gasteiger partial charge is 0.497 e. The summed E-state index contributed by atoms with van der Waals surface area (Å²) >= 11 is 0. The molecule has 0 aromatic heterocycles. The van der Waals surface area contributed by atoms with Crippen LogP contribution in [0.4, 0.5) is 0 Å². The zero-order valence-corrected chi connectivity index (χ0v) is 16.2. The van der Waals surface area contributed by atoms with Crippen LogP contribution in [0.15, 0.2) is 48.5 Å². The highest BCUT2D eigenvalue weighted by Crippen LogP contribution is 2.21. The van der Waals surface area contributed by atoms with Gasteiger partial charge in [-0.1, -0.05) is 37.3 Å². The molecule has 2 aromatic rings. The van der Waals surface area contributed by atoms with Gasteiger partial charge in [-0.15, -0.1) is 0 Å². The molecule has 1 amide bonds. The Morgan fingerprint density at radius 2 is 1.75 bits per heavy atom. The molecule has 7 heteroatoms. The Bertz CT molecular complexity index is 790. The molecule has 2 unspecified atom stereocenters. The van der Waals surface area contributed by atoms with E-state index in [1.165, 1.54) is 14.2 Å². The molecule has 0 saturated heterocycles. The van der Waals surface area contributed by atoms with Crippen molar-refractivity contribution in [3.8, 4) is 11.5 Å². The van der Waals surface area contributed by atoms with Crippen molar-refractivity contribution >= 4 is 11.9 Å². The van der Waals surface area contributed by atoms with Gasteiger partial charge in [0, 0.05) is 0 Å². The van der Waals surface area contributed by atoms with Crippen molar-refractivity contribution in [2.24, 2.45) is 0 Å². The SMILES string of the molecule is CCc1ccccc1OCC(=O)NC(C(=O)OC)C(O)c1ccc(OC)cc1. The second-order valence-electron chi connectivity index (χ2n) is 6.04. The number of benzene rings is 2. The van der Waals surface area contributed by atoms with Gasteiger partial charge in [-0.25, -0.2) is 4.79 Å². The molecular weight excluding hydrogens is 362 g/mol. The lowest BCUT2D eigenvalue weighted by Crippen LogP contribution is -2.47. The van der Waals surface area contributed by atoms with Gasteiger partial charge in [-0.3, -0.25) is 4.79 Å². The quantitative estimate of drug-likeness (QED) is 0.640. The third-order valence-corrected chi connectivity index (χ3v) is 4.26. The van der Waals surface area contributed by atoms with E-state index < -0.39 is 24.0 Å². The zero-order valence-electron chi connectivity index (χ0n) is 16.2. The number of carbonyl (C=O) groups is 2. The van der Waals surface area contributed by atoms with Crippen molar-refractivity contribution in [3.63, 3.8) is 0 Å². The van der Waals surface area contributed by atoms with Crippen molar-refractivity contribution in [1.82, 2.24) is 5.32 Å². The summed E-state index contributed by atoms with van der Waals surface area (Å²) in [5.74, 6) is -0.0949. The number of nitrogens with one attached hydrogen (secondary N) is 1. The lowest BCUT2D eigenvalue weighted by molar-refractivity contribution is -0.148. The molecule has 0 spiro atoms. The third-order valence-electron chi connectivity index (χ3n) is 4.26. The lowest BCUT2D eigenvalue weighted by Gasteiger charge is -2.22. The average Bonchev–Trinajstić information content (AvgIpc) is 2.75. The lowest BCUT2D eigenvalue weighted by atomic mass is 10.0. The third kappa shape index (κ3) is 5.47. The smallest absolute Gasteiger partial charge is 0.331 e. The Balaban J connectivity index is 2.06. The summed E-state index contributed by atoms with van der Waals surface area (Å²) in [7, 11) is 2.72. The number of hydrogen-bond donors (Lipinski definition) is 2. The summed E-state index contributed by atoms with van der Waals surface area (Å²) in [6.07, 6.45) is -0.524. The number of methoxy groups -OCH3 is 2. The Labute approximate surface area is 164 Å². The second kappa shape index (κ2) is 10.3. The molecule has 2 aromatic carbocycles. The van der Waals surface area contributed by atoms with Gasteiger partial charge in [0.1, 0.15) is 17.6 Å². The van der Waals surface area contributed by atoms with Crippen LogP contribution in [0.25, 0.3) is 0 Å². The summed E-state index contributed by atoms with van der Waals surface area (Å²) in [4.78, 5) is 24.4. The van der Waals surface area contributed by atoms with Crippen LogP contribution in [0.1, 0.15) is 24.2 Å². The molecule has 2 rings (SSSR count). The van der Waals surface area contributed by atoms with E-state index >= 15 is 0 Å². The number of aryl methyl sites for hydroxylation is 1. The fourth-order valence-corrected chi connectivity index (χ4v) is 2.68. The molecule has 2 atom stereocenters. The van der Waals surface area contributed by atoms with E-state index in [9.17, 15) is 14.7 Å². The number of aliphatic hydroxyl groups excluding tert-OH is 1. The molecule has 0 bridgehead atoms. The van der Waals surface area contributed by atoms with E-state index in [2.05, 4.69) is 5.32 Å². The van der Waals surface area contributed by atoms with Crippen LogP contribution in [0.2, 0.25) is 0 Å². The van der Waals surface area contributed by atoms with Gasteiger partial charge < -0.3 is 24.6 Å². The zero-order chi connectivity index (χ0) is 20.5. The highest BCUT2D eigenvalue weighted by atomic mass is 16.5. The Morgan fingerprint density at radius 3 is 2.36 bits per heavy atom. The van der Waals surface area contributed by atoms with E-state index in [1.54, 1.807) is 30.3 Å². The normalized spacial score (nSPS) is 12.6. The van der Waals surface area contributed by atoms with Gasteiger partial charge in [0.05, 0.1) is 14.2 Å². The van der Waals surface area contributed by atoms with Gasteiger partial charge in [0.15, 0.2) is 12.6 Å². The second-order valence-corrected chi connectivity index (χ2v) is 6.04. The highest BCUT2D eigenvalue weighted by molar-refractivity contribution is 5.85. The monoisotopic (exact) mass is 387 g/mol. The number of amides is 1. The molecule has 7 nitrogen and oxygen atoms in total. The van der Waals surface area contributed by atoms with Crippen molar-refractivity contribution in [2.45, 2.75) is 25.5 Å². The number of esters is 1. The van der Waals surface area contributed by atoms with Crippen LogP contribution in [0.5, 0.6) is 11.5 Å². The first-order chi connectivity index (χ1) is 13.5. The van der Waals surface area contributed by atoms with Gasteiger partial charge in [-0.05, 0) is 35.7 Å². The van der Waals surface area contributed by atoms with Crippen molar-refractivity contribution in [2.75, 3.05) is 20.8 Å². The molecule has 0 aliphatic heterocycles. The molecule has 28 heavy (non-hydrogen) atoms. The van der Waals surface area contributed by atoms with Crippen molar-refractivity contribution in [1.29, 1.82) is 0 Å². The van der Waals surface area contributed by atoms with E-state index in [4.69, 9.17) is 14.2 Å². The van der Waals surface area contributed by atoms with Gasteiger partial charge in [0.2, 0.25) is 0 Å². The minimum atomic E-state index is -1.29. The predicted octanol–water partition coefficient (Wildman–Crippen LogP) is 2.03. The number of hydrogen-bond acceptors (Lipinski definition) is 6. The van der Waals surface area contributed by atoms with Crippen LogP contribution in [0, 0.1) is 0 Å². The predicted molar refractivity (Wildman–Crippen MR) is 103 cm³/mol. The Morgan fingerprint density at radius 1 is 1.07 bits per heavy atom. The molecule has 2 N–H and O–H groups in total. The molecule has 0 radical (unpaired) electrons. The molecule has 0 saturated carbocycles. The van der Waals surface area contributed by atoms with E-state index in [0.29, 0.717) is 17.1 Å². The van der Waals surface area contributed by atoms with Crippen LogP contribution in [0.3, 0.4) is 0 Å². The van der Waals surface area contributed by atoms with Crippen molar-refractivity contribution in [3.05, 3.63) is 59.7 Å². The Hall–Kier alpha value is -3.06. The van der Waals surface area contributed by atoms with Crippen LogP contribution in [-0.2, 0) is 20.7 Å². The fraction of sp³-hybridized carbons (Fsp3) is 0.333. The van der Waals surface area contributed by atoms with E-state index in [1.807, 2.05) is 25.1 Å². The summed E-state index contributed by atoms with van der Waals surface area (Å²) in [5.41, 5.74) is 1.41. The number of rotatable bonds is 9. The van der Waals surface area contributed by atoms with Gasteiger partial charge >= 0.3 is 5.97 Å². The number of carbonyl (C=O) groups excluding carboxylic acids is 2. The summed E-state index contributed by atoms with van der Waals surface area (Å²) in [5, 5.41) is 13.0. The summed E-state index contributed by atoms with van der Waals surface area (Å²) in [6, 6.07) is 12.7. The Kier molecular flexibility index (Phi) is 7.83. The molecular formula is C21H25NO6. The summed E-state index contributed by atoms with van der Waals surface area (Å²) < 4.78 is 15.4. The first-order valence-corrected chi connectivity index (χ1v) is 8.90. The average molecular weight is 387 g/mol. The topological polar surface area (TPSA) is 94.1 Å². The van der Waals surface area contributed by atoms with Crippen LogP contribution in [-0.4, -0.2) is 43.9 Å². The minimum absolute atomic E-state index is 0.292. The first kappa shape index (κ1) is 21.2. The number of ether oxygens (including phenoxy) is 3. The van der Waals surface area contributed by atoms with Crippen molar-refractivity contribution < 1.29 is 28.9 Å². The minimum Gasteiger partial charge on any atom is -0.497 e. The van der Waals surface area contributed by atoms with E-state index in [0.717, 1.165) is 12.0 Å². The maximum absolute atomic E-state index is 12.3. The molecule has 0 fully saturated rings. The van der Waals surface area contributed by atoms with Gasteiger partial charge in [0.25, 0.3) is 5.91 Å². The number of aliphatic hydroxyl groups is 1. The maximum atomic E-state index is 12.3. The van der Waals surface area contributed by atoms with Gasteiger partial charge in [-0.2, -0.15) is 0 Å². The highest BCUT2D eigenvalue weighted by Gasteiger charge is 2.30. The maximum Gasteiger partial charge on any atom is 0.331 e. The van der Waals surface area contributed by atoms with E-state index in [-0.39, 0.29) is 6.61 Å². The molecule has 150 valence electrons. The first-order valence-electron chi connectivity index (χ1n) is 8.90. The van der Waals surface area contributed by atoms with Crippen LogP contribution < -0.4 is 14.8 Å². The fourth-order valence-electron chi connectivity index (χ4n) is 2.68. The molecule has 0 aliphatic carbocycles. The number of para-hydroxylation sites is 1. The standard InChI is InChI=1S/C21H25NO6/c1-4-14-7-5-6-8-17(14)28-13-18(23)22-19(21(25)27-3)20(24)15-9-11-16(26-2)12-10-15/h5-12,19-20,24H,4,13H2,1-3H3,(H,22,23). The van der Waals surface area contributed by atoms with Crippen LogP contribution >= 0.6 is 0 Å². The molecule has 0 aliphatic rings. The summed E-state index contributed by atoms with van der Waals surface area (Å²) in [6.45, 7) is 1.70.